The molecule has 0 aliphatic carbocycles. The minimum Gasteiger partial charge on any atom is -0.423 e. The number of ether oxygens (including phenoxy) is 1. The molecule has 2 aromatic rings. The van der Waals surface area contributed by atoms with Crippen molar-refractivity contribution in [1.82, 2.24) is 0 Å². The Balaban J connectivity index is 0.000000861. The summed E-state index contributed by atoms with van der Waals surface area (Å²) in [6, 6.07) is 14.7. The molecule has 2 rings (SSSR count). The Kier molecular flexibility index (Phi) is 6.56. The normalized spacial score (nSPS) is 9.26. The first-order valence-corrected chi connectivity index (χ1v) is 7.27. The molecule has 0 aliphatic rings. The Morgan fingerprint density at radius 1 is 0.947 bits per heavy atom. The summed E-state index contributed by atoms with van der Waals surface area (Å²) in [5, 5.41) is 0. The van der Waals surface area contributed by atoms with Crippen molar-refractivity contribution >= 4 is 28.6 Å². The number of hydrogen-bond donors (Lipinski definition) is 0. The van der Waals surface area contributed by atoms with Crippen LogP contribution in [0.15, 0.2) is 48.5 Å². The van der Waals surface area contributed by atoms with E-state index in [0.717, 1.165) is 9.13 Å². The maximum Gasteiger partial charge on any atom is 0.343 e. The van der Waals surface area contributed by atoms with Crippen molar-refractivity contribution in [2.75, 3.05) is 0 Å². The van der Waals surface area contributed by atoms with Crippen LogP contribution in [0.25, 0.3) is 0 Å². The molecule has 2 aromatic carbocycles. The molecule has 0 radical (unpaired) electrons. The zero-order valence-electron chi connectivity index (χ0n) is 11.3. The van der Waals surface area contributed by atoms with Gasteiger partial charge in [0.2, 0.25) is 0 Å². The van der Waals surface area contributed by atoms with Crippen molar-refractivity contribution in [2.24, 2.45) is 0 Å². The molecule has 0 aromatic heterocycles. The van der Waals surface area contributed by atoms with Gasteiger partial charge in [-0.1, -0.05) is 31.5 Å². The second-order valence-electron chi connectivity index (χ2n) is 3.71. The molecular weight excluding hydrogens is 351 g/mol. The second kappa shape index (κ2) is 7.94. The first-order valence-electron chi connectivity index (χ1n) is 6.19. The second-order valence-corrected chi connectivity index (χ2v) is 4.96. The Bertz CT molecular complexity index is 515. The van der Waals surface area contributed by atoms with Gasteiger partial charge in [-0.05, 0) is 65.9 Å². The Morgan fingerprint density at radius 2 is 1.47 bits per heavy atom. The predicted octanol–water partition coefficient (Wildman–Crippen LogP) is 4.85. The molecule has 0 amide bonds. The van der Waals surface area contributed by atoms with E-state index in [9.17, 15) is 4.79 Å². The van der Waals surface area contributed by atoms with Crippen LogP contribution in [0.3, 0.4) is 0 Å². The van der Waals surface area contributed by atoms with E-state index in [4.69, 9.17) is 4.74 Å². The number of benzene rings is 2. The van der Waals surface area contributed by atoms with Gasteiger partial charge in [0.1, 0.15) is 5.75 Å². The van der Waals surface area contributed by atoms with Gasteiger partial charge in [-0.25, -0.2) is 4.79 Å². The molecule has 0 spiro atoms. The minimum atomic E-state index is -0.328. The summed E-state index contributed by atoms with van der Waals surface area (Å²) in [6.45, 7) is 5.98. The predicted molar refractivity (Wildman–Crippen MR) is 86.6 cm³/mol. The van der Waals surface area contributed by atoms with Gasteiger partial charge >= 0.3 is 5.97 Å². The molecule has 0 aliphatic heterocycles. The summed E-state index contributed by atoms with van der Waals surface area (Å²) in [5.74, 6) is 0.238. The zero-order chi connectivity index (χ0) is 14.3. The molecule has 0 heterocycles. The lowest BCUT2D eigenvalue weighted by Gasteiger charge is -2.04. The van der Waals surface area contributed by atoms with Gasteiger partial charge in [0.15, 0.2) is 0 Å². The van der Waals surface area contributed by atoms with Gasteiger partial charge in [-0.15, -0.1) is 0 Å². The quantitative estimate of drug-likeness (QED) is 0.431. The Labute approximate surface area is 127 Å². The Morgan fingerprint density at radius 3 is 2.00 bits per heavy atom. The summed E-state index contributed by atoms with van der Waals surface area (Å²) in [4.78, 5) is 11.8. The molecule has 19 heavy (non-hydrogen) atoms. The third-order valence-corrected chi connectivity index (χ3v) is 3.03. The van der Waals surface area contributed by atoms with Crippen molar-refractivity contribution in [3.63, 3.8) is 0 Å². The number of halogens is 1. The molecular formula is C16H17IO2. The summed E-state index contributed by atoms with van der Waals surface area (Å²) in [7, 11) is 0. The molecule has 0 saturated carbocycles. The zero-order valence-corrected chi connectivity index (χ0v) is 13.5. The van der Waals surface area contributed by atoms with Gasteiger partial charge in [0, 0.05) is 3.57 Å². The highest BCUT2D eigenvalue weighted by Gasteiger charge is 2.07. The van der Waals surface area contributed by atoms with E-state index in [1.54, 1.807) is 24.3 Å². The monoisotopic (exact) mass is 368 g/mol. The van der Waals surface area contributed by atoms with E-state index in [1.165, 1.54) is 0 Å². The largest absolute Gasteiger partial charge is 0.423 e. The molecule has 3 heteroatoms. The first kappa shape index (κ1) is 15.7. The summed E-state index contributed by atoms with van der Waals surface area (Å²) >= 11 is 2.20. The molecule has 0 fully saturated rings. The van der Waals surface area contributed by atoms with Gasteiger partial charge in [-0.2, -0.15) is 0 Å². The smallest absolute Gasteiger partial charge is 0.343 e. The SMILES string of the molecule is CC.Cc1ccc(C(=O)Oc2ccc(I)cc2)cc1. The number of esters is 1. The van der Waals surface area contributed by atoms with Gasteiger partial charge < -0.3 is 4.74 Å². The minimum absolute atomic E-state index is 0.328. The number of aryl methyl sites for hydroxylation is 1. The van der Waals surface area contributed by atoms with Crippen LogP contribution in [0.5, 0.6) is 5.75 Å². The lowest BCUT2D eigenvalue weighted by atomic mass is 10.1. The van der Waals surface area contributed by atoms with Crippen molar-refractivity contribution in [3.05, 3.63) is 63.2 Å². The fraction of sp³-hybridized carbons (Fsp3) is 0.188. The van der Waals surface area contributed by atoms with Crippen LogP contribution in [-0.4, -0.2) is 5.97 Å². The lowest BCUT2D eigenvalue weighted by Crippen LogP contribution is -2.08. The highest BCUT2D eigenvalue weighted by molar-refractivity contribution is 14.1. The maximum absolute atomic E-state index is 11.8. The topological polar surface area (TPSA) is 26.3 Å². The van der Waals surface area contributed by atoms with E-state index < -0.39 is 0 Å². The third-order valence-electron chi connectivity index (χ3n) is 2.31. The average Bonchev–Trinajstić information content (AvgIpc) is 2.44. The third kappa shape index (κ3) is 5.03. The van der Waals surface area contributed by atoms with Crippen LogP contribution in [0, 0.1) is 10.5 Å². The fourth-order valence-electron chi connectivity index (χ4n) is 1.36. The van der Waals surface area contributed by atoms with E-state index in [0.29, 0.717) is 11.3 Å². The van der Waals surface area contributed by atoms with Crippen LogP contribution < -0.4 is 4.74 Å². The van der Waals surface area contributed by atoms with Crippen molar-refractivity contribution in [3.8, 4) is 5.75 Å². The number of hydrogen-bond acceptors (Lipinski definition) is 2. The van der Waals surface area contributed by atoms with E-state index in [1.807, 2.05) is 45.0 Å². The van der Waals surface area contributed by atoms with Crippen LogP contribution in [0.2, 0.25) is 0 Å². The van der Waals surface area contributed by atoms with Gasteiger partial charge in [-0.3, -0.25) is 0 Å². The molecule has 0 bridgehead atoms. The summed E-state index contributed by atoms with van der Waals surface area (Å²) in [6.07, 6.45) is 0. The number of carbonyl (C=O) groups excluding carboxylic acids is 1. The molecule has 0 unspecified atom stereocenters. The van der Waals surface area contributed by atoms with Crippen LogP contribution >= 0.6 is 22.6 Å². The summed E-state index contributed by atoms with van der Waals surface area (Å²) < 4.78 is 6.36. The van der Waals surface area contributed by atoms with E-state index in [-0.39, 0.29) is 5.97 Å². The van der Waals surface area contributed by atoms with Crippen molar-refractivity contribution in [2.45, 2.75) is 20.8 Å². The van der Waals surface area contributed by atoms with E-state index >= 15 is 0 Å². The highest BCUT2D eigenvalue weighted by Crippen LogP contribution is 2.15. The average molecular weight is 368 g/mol. The lowest BCUT2D eigenvalue weighted by molar-refractivity contribution is 0.0735. The maximum atomic E-state index is 11.8. The van der Waals surface area contributed by atoms with Crippen molar-refractivity contribution < 1.29 is 9.53 Å². The summed E-state index contributed by atoms with van der Waals surface area (Å²) in [5.41, 5.74) is 1.69. The van der Waals surface area contributed by atoms with Crippen LogP contribution in [-0.2, 0) is 0 Å². The highest BCUT2D eigenvalue weighted by atomic mass is 127. The van der Waals surface area contributed by atoms with Gasteiger partial charge in [0.25, 0.3) is 0 Å². The first-order chi connectivity index (χ1) is 9.15. The molecule has 2 nitrogen and oxygen atoms in total. The van der Waals surface area contributed by atoms with Crippen LogP contribution in [0.1, 0.15) is 29.8 Å². The van der Waals surface area contributed by atoms with E-state index in [2.05, 4.69) is 22.6 Å². The molecule has 100 valence electrons. The fourth-order valence-corrected chi connectivity index (χ4v) is 1.72. The molecule has 0 N–H and O–H groups in total. The Hall–Kier alpha value is -1.36. The number of rotatable bonds is 2. The molecule has 0 atom stereocenters. The van der Waals surface area contributed by atoms with Gasteiger partial charge in [0.05, 0.1) is 5.56 Å². The van der Waals surface area contributed by atoms with Crippen molar-refractivity contribution in [1.29, 1.82) is 0 Å². The number of carbonyl (C=O) groups is 1. The van der Waals surface area contributed by atoms with Crippen LogP contribution in [0.4, 0.5) is 0 Å². The standard InChI is InChI=1S/C14H11IO2.C2H6/c1-10-2-4-11(5-3-10)14(16)17-13-8-6-12(15)7-9-13;1-2/h2-9H,1H3;1-2H3. The molecule has 0 saturated heterocycles.